The van der Waals surface area contributed by atoms with Crippen LogP contribution in [0.4, 0.5) is 8.78 Å². The van der Waals surface area contributed by atoms with Gasteiger partial charge >= 0.3 is 0 Å². The van der Waals surface area contributed by atoms with Crippen LogP contribution in [0, 0.1) is 11.3 Å². The summed E-state index contributed by atoms with van der Waals surface area (Å²) in [6.45, 7) is 6.93. The fourth-order valence-corrected chi connectivity index (χ4v) is 7.32. The predicted octanol–water partition coefficient (Wildman–Crippen LogP) is 5.43. The highest BCUT2D eigenvalue weighted by atomic mass is 35.5. The van der Waals surface area contributed by atoms with Crippen LogP contribution in [0.1, 0.15) is 76.0 Å². The second-order valence-electron chi connectivity index (χ2n) is 14.1. The number of fused-ring (bicyclic) bond motifs is 1. The largest absolute Gasteiger partial charge is 0.351 e. The second kappa shape index (κ2) is 13.4. The summed E-state index contributed by atoms with van der Waals surface area (Å²) in [6.07, 6.45) is 1.71. The van der Waals surface area contributed by atoms with Crippen LogP contribution < -0.4 is 16.0 Å². The summed E-state index contributed by atoms with van der Waals surface area (Å²) in [4.78, 5) is 43.2. The summed E-state index contributed by atoms with van der Waals surface area (Å²) < 4.78 is 28.2. The van der Waals surface area contributed by atoms with Gasteiger partial charge < -0.3 is 20.9 Å². The SMILES string of the molecule is CC(C)(C)NC(=O)C1(C2CCC(F)(F)CC2)CCN(C(=O)[C@@H](Cc2ccc(Cl)cc2)NC(=O)C2Cc3ccccc3CN2)CC1. The number of nitrogens with zero attached hydrogens (tertiary/aromatic N) is 1. The van der Waals surface area contributed by atoms with Crippen LogP contribution in [-0.4, -0.2) is 59.3 Å². The van der Waals surface area contributed by atoms with Crippen molar-refractivity contribution in [2.24, 2.45) is 11.3 Å². The Balaban J connectivity index is 1.32. The first-order chi connectivity index (χ1) is 21.2. The maximum atomic E-state index is 14.1. The number of halogens is 3. The van der Waals surface area contributed by atoms with Crippen LogP contribution >= 0.6 is 11.6 Å². The third-order valence-corrected chi connectivity index (χ3v) is 10.0. The van der Waals surface area contributed by atoms with Gasteiger partial charge in [0.1, 0.15) is 6.04 Å². The van der Waals surface area contributed by atoms with Crippen LogP contribution in [0.3, 0.4) is 0 Å². The van der Waals surface area contributed by atoms with Gasteiger partial charge in [0.2, 0.25) is 23.6 Å². The molecule has 2 aliphatic heterocycles. The number of carbonyl (C=O) groups is 3. The maximum Gasteiger partial charge on any atom is 0.248 e. The minimum atomic E-state index is -2.70. The van der Waals surface area contributed by atoms with E-state index in [-0.39, 0.29) is 55.7 Å². The summed E-state index contributed by atoms with van der Waals surface area (Å²) >= 11 is 6.10. The summed E-state index contributed by atoms with van der Waals surface area (Å²) in [6, 6.07) is 13.9. The van der Waals surface area contributed by atoms with E-state index >= 15 is 0 Å². The highest BCUT2D eigenvalue weighted by Crippen LogP contribution is 2.49. The van der Waals surface area contributed by atoms with Crippen molar-refractivity contribution in [3.8, 4) is 0 Å². The van der Waals surface area contributed by atoms with Crippen molar-refractivity contribution >= 4 is 29.3 Å². The van der Waals surface area contributed by atoms with Gasteiger partial charge in [-0.2, -0.15) is 0 Å². The number of hydrogen-bond acceptors (Lipinski definition) is 4. The van der Waals surface area contributed by atoms with E-state index in [2.05, 4.69) is 16.0 Å². The minimum absolute atomic E-state index is 0.119. The molecule has 3 amide bonds. The molecule has 0 spiro atoms. The first-order valence-corrected chi connectivity index (χ1v) is 16.5. The molecular formula is C35H45ClF2N4O3. The lowest BCUT2D eigenvalue weighted by molar-refractivity contribution is -0.150. The van der Waals surface area contributed by atoms with E-state index in [1.165, 1.54) is 0 Å². The summed E-state index contributed by atoms with van der Waals surface area (Å²) in [5.74, 6) is -3.45. The smallest absolute Gasteiger partial charge is 0.248 e. The number of carbonyl (C=O) groups excluding carboxylic acids is 3. The lowest BCUT2D eigenvalue weighted by Crippen LogP contribution is -2.60. The number of benzene rings is 2. The first kappa shape index (κ1) is 33.3. The van der Waals surface area contributed by atoms with E-state index in [1.807, 2.05) is 57.2 Å². The van der Waals surface area contributed by atoms with Gasteiger partial charge in [-0.1, -0.05) is 48.0 Å². The summed E-state index contributed by atoms with van der Waals surface area (Å²) in [5.41, 5.74) is 1.83. The van der Waals surface area contributed by atoms with Crippen LogP contribution in [0.5, 0.6) is 0 Å². The van der Waals surface area contributed by atoms with Gasteiger partial charge in [0, 0.05) is 49.5 Å². The molecule has 3 aliphatic rings. The van der Waals surface area contributed by atoms with Gasteiger partial charge in [-0.25, -0.2) is 8.78 Å². The van der Waals surface area contributed by atoms with Crippen LogP contribution in [0.25, 0.3) is 0 Å². The lowest BCUT2D eigenvalue weighted by Gasteiger charge is -2.48. The number of hydrogen-bond donors (Lipinski definition) is 3. The van der Waals surface area contributed by atoms with Crippen molar-refractivity contribution in [2.75, 3.05) is 13.1 Å². The Bertz CT molecular complexity index is 1380. The number of piperidine rings is 1. The Morgan fingerprint density at radius 2 is 1.60 bits per heavy atom. The molecule has 7 nitrogen and oxygen atoms in total. The standard InChI is InChI=1S/C35H45ClF2N4O3/c1-33(2,3)41-32(45)34(26-12-14-35(37,38)15-13-26)16-18-42(19-17-34)31(44)29(20-23-8-10-27(36)11-9-23)40-30(43)28-21-24-6-4-5-7-25(24)22-39-28/h4-11,26,28-29,39H,12-22H2,1-3H3,(H,40,43)(H,41,45)/t28?,29-/m1/s1. The highest BCUT2D eigenvalue weighted by molar-refractivity contribution is 6.30. The fraction of sp³-hybridized carbons (Fsp3) is 0.571. The van der Waals surface area contributed by atoms with Crippen molar-refractivity contribution in [3.63, 3.8) is 0 Å². The van der Waals surface area contributed by atoms with Gasteiger partial charge in [-0.05, 0) is 87.6 Å². The normalized spacial score (nSPS) is 22.2. The average Bonchev–Trinajstić information content (AvgIpc) is 3.00. The topological polar surface area (TPSA) is 90.5 Å². The van der Waals surface area contributed by atoms with Crippen LogP contribution in [0.15, 0.2) is 48.5 Å². The minimum Gasteiger partial charge on any atom is -0.351 e. The molecule has 1 saturated carbocycles. The molecule has 1 aliphatic carbocycles. The summed E-state index contributed by atoms with van der Waals surface area (Å²) in [7, 11) is 0. The van der Waals surface area contributed by atoms with E-state index in [4.69, 9.17) is 11.6 Å². The van der Waals surface area contributed by atoms with Crippen LogP contribution in [0.2, 0.25) is 5.02 Å². The Morgan fingerprint density at radius 1 is 0.978 bits per heavy atom. The van der Waals surface area contributed by atoms with Crippen molar-refractivity contribution in [1.82, 2.24) is 20.9 Å². The Morgan fingerprint density at radius 3 is 2.22 bits per heavy atom. The molecule has 10 heteroatoms. The third kappa shape index (κ3) is 8.04. The van der Waals surface area contributed by atoms with Gasteiger partial charge in [0.15, 0.2) is 0 Å². The number of rotatable bonds is 7. The molecule has 0 bridgehead atoms. The predicted molar refractivity (Wildman–Crippen MR) is 171 cm³/mol. The Hall–Kier alpha value is -3.04. The first-order valence-electron chi connectivity index (χ1n) is 16.1. The number of amides is 3. The van der Waals surface area contributed by atoms with Gasteiger partial charge in [0.25, 0.3) is 0 Å². The fourth-order valence-electron chi connectivity index (χ4n) is 7.19. The Kier molecular flexibility index (Phi) is 9.90. The van der Waals surface area contributed by atoms with Crippen molar-refractivity contribution in [3.05, 3.63) is 70.2 Å². The molecule has 2 aromatic rings. The molecule has 5 rings (SSSR count). The Labute approximate surface area is 269 Å². The average molecular weight is 643 g/mol. The van der Waals surface area contributed by atoms with Crippen LogP contribution in [-0.2, 0) is 33.8 Å². The molecule has 244 valence electrons. The maximum absolute atomic E-state index is 14.1. The highest BCUT2D eigenvalue weighted by Gasteiger charge is 2.52. The molecule has 2 atom stereocenters. The molecule has 45 heavy (non-hydrogen) atoms. The van der Waals surface area contributed by atoms with Gasteiger partial charge in [-0.15, -0.1) is 0 Å². The number of nitrogens with one attached hydrogen (secondary N) is 3. The molecule has 2 heterocycles. The third-order valence-electron chi connectivity index (χ3n) is 9.77. The zero-order chi connectivity index (χ0) is 32.4. The zero-order valence-corrected chi connectivity index (χ0v) is 27.2. The lowest BCUT2D eigenvalue weighted by atomic mass is 9.62. The molecule has 0 radical (unpaired) electrons. The van der Waals surface area contributed by atoms with Gasteiger partial charge in [-0.3, -0.25) is 14.4 Å². The molecule has 3 N–H and O–H groups in total. The van der Waals surface area contributed by atoms with E-state index in [9.17, 15) is 23.2 Å². The molecule has 2 aromatic carbocycles. The number of alkyl halides is 2. The van der Waals surface area contributed by atoms with Crippen molar-refractivity contribution in [1.29, 1.82) is 0 Å². The van der Waals surface area contributed by atoms with Crippen molar-refractivity contribution < 1.29 is 23.2 Å². The molecule has 0 aromatic heterocycles. The molecule has 1 saturated heterocycles. The van der Waals surface area contributed by atoms with E-state index in [0.717, 1.165) is 16.7 Å². The van der Waals surface area contributed by atoms with Crippen molar-refractivity contribution in [2.45, 2.75) is 102 Å². The molecule has 1 unspecified atom stereocenters. The second-order valence-corrected chi connectivity index (χ2v) is 14.6. The van der Waals surface area contributed by atoms with E-state index in [0.29, 0.717) is 43.9 Å². The zero-order valence-electron chi connectivity index (χ0n) is 26.4. The quantitative estimate of drug-likeness (QED) is 0.376. The molecule has 2 fully saturated rings. The van der Waals surface area contributed by atoms with E-state index in [1.54, 1.807) is 17.0 Å². The molecular weight excluding hydrogens is 598 g/mol. The van der Waals surface area contributed by atoms with Gasteiger partial charge in [0.05, 0.1) is 11.5 Å². The summed E-state index contributed by atoms with van der Waals surface area (Å²) in [5, 5.41) is 10.0. The number of likely N-dealkylation sites (tertiary alicyclic amines) is 1. The monoisotopic (exact) mass is 642 g/mol. The van der Waals surface area contributed by atoms with E-state index < -0.39 is 29.0 Å².